The quantitative estimate of drug-likeness (QED) is 0.303. The van der Waals surface area contributed by atoms with E-state index in [9.17, 15) is 14.4 Å². The van der Waals surface area contributed by atoms with Gasteiger partial charge in [0, 0.05) is 12.0 Å². The van der Waals surface area contributed by atoms with E-state index in [1.165, 1.54) is 12.3 Å². The summed E-state index contributed by atoms with van der Waals surface area (Å²) in [6.45, 7) is -0.0613. The van der Waals surface area contributed by atoms with Crippen molar-refractivity contribution in [3.05, 3.63) is 132 Å². The summed E-state index contributed by atoms with van der Waals surface area (Å²) in [6.07, 6.45) is 2.10. The zero-order valence-corrected chi connectivity index (χ0v) is 20.2. The standard InChI is InChI=1S/C30H28N2O5/c33-28(24-15-8-3-9-16-24)31-25(19-22-11-4-1-5-12-22)21-37-30(35)26(20-23-13-6-2-7-14-23)32-29(34)27-17-10-18-36-27/h1-18,25-26H,19-21H2,(H,31,33)(H,32,34)/t25-,26-/m1/s1. The molecule has 0 aliphatic heterocycles. The number of amides is 2. The fourth-order valence-corrected chi connectivity index (χ4v) is 3.87. The Kier molecular flexibility index (Phi) is 8.86. The van der Waals surface area contributed by atoms with Gasteiger partial charge in [0.2, 0.25) is 0 Å². The van der Waals surface area contributed by atoms with Crippen molar-refractivity contribution in [2.75, 3.05) is 6.61 Å². The minimum absolute atomic E-state index is 0.0613. The van der Waals surface area contributed by atoms with Crippen molar-refractivity contribution < 1.29 is 23.5 Å². The molecule has 1 heterocycles. The number of rotatable bonds is 11. The van der Waals surface area contributed by atoms with Gasteiger partial charge in [0.15, 0.2) is 5.76 Å². The third-order valence-electron chi connectivity index (χ3n) is 5.74. The lowest BCUT2D eigenvalue weighted by molar-refractivity contribution is -0.146. The molecule has 4 aromatic rings. The molecule has 2 amide bonds. The Bertz CT molecular complexity index is 1280. The molecule has 3 aromatic carbocycles. The molecule has 0 saturated heterocycles. The summed E-state index contributed by atoms with van der Waals surface area (Å²) in [5, 5.41) is 5.68. The van der Waals surface area contributed by atoms with Crippen LogP contribution in [0.3, 0.4) is 0 Å². The van der Waals surface area contributed by atoms with Gasteiger partial charge >= 0.3 is 5.97 Å². The molecular weight excluding hydrogens is 468 g/mol. The molecule has 4 rings (SSSR count). The highest BCUT2D eigenvalue weighted by Gasteiger charge is 2.26. The number of carbonyl (C=O) groups excluding carboxylic acids is 3. The molecule has 0 fully saturated rings. The number of carbonyl (C=O) groups is 3. The van der Waals surface area contributed by atoms with Crippen molar-refractivity contribution in [3.63, 3.8) is 0 Å². The van der Waals surface area contributed by atoms with Gasteiger partial charge in [-0.15, -0.1) is 0 Å². The highest BCUT2D eigenvalue weighted by Crippen LogP contribution is 2.10. The van der Waals surface area contributed by atoms with E-state index in [0.29, 0.717) is 12.0 Å². The molecule has 0 bridgehead atoms. The van der Waals surface area contributed by atoms with Crippen LogP contribution in [0.4, 0.5) is 0 Å². The van der Waals surface area contributed by atoms with Gasteiger partial charge in [-0.3, -0.25) is 9.59 Å². The highest BCUT2D eigenvalue weighted by molar-refractivity contribution is 5.95. The number of hydrogen-bond acceptors (Lipinski definition) is 5. The predicted molar refractivity (Wildman–Crippen MR) is 139 cm³/mol. The lowest BCUT2D eigenvalue weighted by atomic mass is 10.0. The number of furan rings is 1. The van der Waals surface area contributed by atoms with Gasteiger partial charge in [-0.05, 0) is 41.8 Å². The second-order valence-corrected chi connectivity index (χ2v) is 8.55. The van der Waals surface area contributed by atoms with E-state index < -0.39 is 24.0 Å². The molecule has 7 nitrogen and oxygen atoms in total. The molecule has 0 saturated carbocycles. The fraction of sp³-hybridized carbons (Fsp3) is 0.167. The maximum atomic E-state index is 13.2. The molecule has 2 N–H and O–H groups in total. The van der Waals surface area contributed by atoms with Gasteiger partial charge in [-0.25, -0.2) is 4.79 Å². The second-order valence-electron chi connectivity index (χ2n) is 8.55. The van der Waals surface area contributed by atoms with Crippen molar-refractivity contribution in [3.8, 4) is 0 Å². The van der Waals surface area contributed by atoms with Crippen LogP contribution in [0.15, 0.2) is 114 Å². The topological polar surface area (TPSA) is 97.6 Å². The van der Waals surface area contributed by atoms with Crippen molar-refractivity contribution in [2.24, 2.45) is 0 Å². The largest absolute Gasteiger partial charge is 0.462 e. The molecule has 7 heteroatoms. The Morgan fingerprint density at radius 1 is 0.676 bits per heavy atom. The molecule has 0 unspecified atom stereocenters. The Morgan fingerprint density at radius 2 is 1.27 bits per heavy atom. The molecular formula is C30H28N2O5. The van der Waals surface area contributed by atoms with Gasteiger partial charge in [0.05, 0.1) is 12.3 Å². The van der Waals surface area contributed by atoms with Crippen LogP contribution in [0, 0.1) is 0 Å². The van der Waals surface area contributed by atoms with Gasteiger partial charge in [-0.1, -0.05) is 78.9 Å². The van der Waals surface area contributed by atoms with Crippen molar-refractivity contribution in [1.82, 2.24) is 10.6 Å². The molecule has 0 radical (unpaired) electrons. The predicted octanol–water partition coefficient (Wildman–Crippen LogP) is 4.21. The molecule has 188 valence electrons. The molecule has 0 aliphatic carbocycles. The summed E-state index contributed by atoms with van der Waals surface area (Å²) >= 11 is 0. The highest BCUT2D eigenvalue weighted by atomic mass is 16.5. The molecule has 0 aliphatic rings. The summed E-state index contributed by atoms with van der Waals surface area (Å²) in [4.78, 5) is 38.6. The summed E-state index contributed by atoms with van der Waals surface area (Å²) in [7, 11) is 0. The minimum atomic E-state index is -0.942. The summed E-state index contributed by atoms with van der Waals surface area (Å²) in [6, 6.07) is 29.6. The van der Waals surface area contributed by atoms with Crippen LogP contribution in [0.1, 0.15) is 32.0 Å². The number of esters is 1. The Hall–Kier alpha value is -4.65. The fourth-order valence-electron chi connectivity index (χ4n) is 3.87. The van der Waals surface area contributed by atoms with E-state index >= 15 is 0 Å². The first-order chi connectivity index (χ1) is 18.1. The zero-order valence-electron chi connectivity index (χ0n) is 20.2. The minimum Gasteiger partial charge on any atom is -0.462 e. The van der Waals surface area contributed by atoms with E-state index in [1.54, 1.807) is 30.3 Å². The first-order valence-corrected chi connectivity index (χ1v) is 12.0. The van der Waals surface area contributed by atoms with Gasteiger partial charge < -0.3 is 19.8 Å². The summed E-state index contributed by atoms with van der Waals surface area (Å²) in [5.74, 6) is -1.27. The number of hydrogen-bond donors (Lipinski definition) is 2. The first kappa shape index (κ1) is 25.4. The molecule has 0 spiro atoms. The van der Waals surface area contributed by atoms with E-state index in [1.807, 2.05) is 66.7 Å². The maximum absolute atomic E-state index is 13.2. The monoisotopic (exact) mass is 496 g/mol. The van der Waals surface area contributed by atoms with Crippen LogP contribution < -0.4 is 10.6 Å². The summed E-state index contributed by atoms with van der Waals surface area (Å²) in [5.41, 5.74) is 2.37. The van der Waals surface area contributed by atoms with Gasteiger partial charge in [0.25, 0.3) is 11.8 Å². The normalized spacial score (nSPS) is 12.2. The van der Waals surface area contributed by atoms with Crippen LogP contribution >= 0.6 is 0 Å². The van der Waals surface area contributed by atoms with Crippen LogP contribution in [0.2, 0.25) is 0 Å². The maximum Gasteiger partial charge on any atom is 0.329 e. The van der Waals surface area contributed by atoms with Crippen molar-refractivity contribution in [2.45, 2.75) is 24.9 Å². The first-order valence-electron chi connectivity index (χ1n) is 12.0. The zero-order chi connectivity index (χ0) is 25.9. The Balaban J connectivity index is 1.46. The van der Waals surface area contributed by atoms with E-state index in [0.717, 1.165) is 11.1 Å². The van der Waals surface area contributed by atoms with Crippen LogP contribution in [-0.4, -0.2) is 36.5 Å². The lowest BCUT2D eigenvalue weighted by Crippen LogP contribution is -2.46. The van der Waals surface area contributed by atoms with E-state index in [4.69, 9.17) is 9.15 Å². The number of nitrogens with one attached hydrogen (secondary N) is 2. The lowest BCUT2D eigenvalue weighted by Gasteiger charge is -2.22. The summed E-state index contributed by atoms with van der Waals surface area (Å²) < 4.78 is 10.8. The van der Waals surface area contributed by atoms with Gasteiger partial charge in [0.1, 0.15) is 12.6 Å². The molecule has 37 heavy (non-hydrogen) atoms. The second kappa shape index (κ2) is 12.9. The Morgan fingerprint density at radius 3 is 1.86 bits per heavy atom. The third-order valence-corrected chi connectivity index (χ3v) is 5.74. The van der Waals surface area contributed by atoms with Crippen LogP contribution in [0.25, 0.3) is 0 Å². The number of benzene rings is 3. The van der Waals surface area contributed by atoms with E-state index in [2.05, 4.69) is 10.6 Å². The molecule has 1 aromatic heterocycles. The van der Waals surface area contributed by atoms with Crippen molar-refractivity contribution in [1.29, 1.82) is 0 Å². The van der Waals surface area contributed by atoms with Crippen LogP contribution in [0.5, 0.6) is 0 Å². The number of ether oxygens (including phenoxy) is 1. The molecule has 2 atom stereocenters. The smallest absolute Gasteiger partial charge is 0.329 e. The average Bonchev–Trinajstić information content (AvgIpc) is 3.48. The SMILES string of the molecule is O=C(N[C@@H](COC(=O)[C@@H](Cc1ccccc1)NC(=O)c1ccco1)Cc1ccccc1)c1ccccc1. The van der Waals surface area contributed by atoms with Gasteiger partial charge in [-0.2, -0.15) is 0 Å². The third kappa shape index (κ3) is 7.67. The van der Waals surface area contributed by atoms with E-state index in [-0.39, 0.29) is 24.7 Å². The average molecular weight is 497 g/mol. The van der Waals surface area contributed by atoms with Crippen LogP contribution in [-0.2, 0) is 22.4 Å². The Labute approximate surface area is 215 Å². The van der Waals surface area contributed by atoms with Crippen molar-refractivity contribution >= 4 is 17.8 Å².